The second kappa shape index (κ2) is 13.6. The predicted molar refractivity (Wildman–Crippen MR) is 142 cm³/mol. The smallest absolute Gasteiger partial charge is 0.410 e. The summed E-state index contributed by atoms with van der Waals surface area (Å²) in [7, 11) is 0. The minimum absolute atomic E-state index is 0.145. The highest BCUT2D eigenvalue weighted by atomic mass is 16.6. The van der Waals surface area contributed by atoms with Gasteiger partial charge in [-0.3, -0.25) is 9.69 Å². The molecular weight excluding hydrogens is 458 g/mol. The number of hydrogen-bond acceptors (Lipinski definition) is 6. The highest BCUT2D eigenvalue weighted by molar-refractivity contribution is 5.81. The molecule has 3 rings (SSSR count). The maximum atomic E-state index is 12.1. The first-order chi connectivity index (χ1) is 16.8. The second-order valence-electron chi connectivity index (χ2n) is 12.5. The van der Waals surface area contributed by atoms with Crippen LogP contribution in [0.2, 0.25) is 0 Å². The van der Waals surface area contributed by atoms with Gasteiger partial charge in [-0.25, -0.2) is 9.59 Å². The molecular formula is C28H51N3O5. The topological polar surface area (TPSA) is 79.4 Å². The van der Waals surface area contributed by atoms with E-state index in [9.17, 15) is 14.4 Å². The molecule has 0 aromatic rings. The number of nitrogens with zero attached hydrogens (tertiary/aromatic N) is 3. The van der Waals surface area contributed by atoms with Crippen LogP contribution >= 0.6 is 0 Å². The van der Waals surface area contributed by atoms with Gasteiger partial charge in [-0.15, -0.1) is 0 Å². The standard InChI is InChI=1S/C18H34N2O2.C10H17NO3/c1-5-7-15-8-6-11-20(14-15)16-9-12-19(13-10-16)17(21)22-18(2,3)4;1-10(2,3)14-9(13)11-6-4-8(12)5-7-11/h15-16H,5-14H2,1-4H3;4-7H2,1-3H3/t15-;/m1./s1. The predicted octanol–water partition coefficient (Wildman–Crippen LogP) is 5.48. The van der Waals surface area contributed by atoms with Crippen LogP contribution in [-0.4, -0.2) is 89.2 Å². The van der Waals surface area contributed by atoms with Crippen molar-refractivity contribution >= 4 is 18.0 Å². The van der Waals surface area contributed by atoms with E-state index in [1.54, 1.807) is 4.90 Å². The Balaban J connectivity index is 0.000000281. The Kier molecular flexibility index (Phi) is 11.5. The van der Waals surface area contributed by atoms with Gasteiger partial charge in [0.15, 0.2) is 0 Å². The molecule has 0 saturated carbocycles. The molecule has 0 aliphatic carbocycles. The maximum Gasteiger partial charge on any atom is 0.410 e. The third-order valence-electron chi connectivity index (χ3n) is 6.85. The van der Waals surface area contributed by atoms with Crippen LogP contribution in [0.25, 0.3) is 0 Å². The summed E-state index contributed by atoms with van der Waals surface area (Å²) in [6.45, 7) is 18.8. The lowest BCUT2D eigenvalue weighted by Crippen LogP contribution is -2.50. The van der Waals surface area contributed by atoms with Crippen molar-refractivity contribution in [1.29, 1.82) is 0 Å². The average molecular weight is 510 g/mol. The molecule has 3 saturated heterocycles. The molecule has 3 aliphatic rings. The number of amides is 2. The zero-order valence-corrected chi connectivity index (χ0v) is 23.9. The SMILES string of the molecule is CC(C)(C)OC(=O)N1CCC(=O)CC1.CCC[C@@H]1CCCN(C2CCN(C(=O)OC(C)(C)C)CC2)C1. The van der Waals surface area contributed by atoms with Gasteiger partial charge in [-0.05, 0) is 86.1 Å². The number of carbonyl (C=O) groups is 3. The molecule has 0 unspecified atom stereocenters. The number of rotatable bonds is 3. The van der Waals surface area contributed by atoms with Gasteiger partial charge in [0.05, 0.1) is 0 Å². The molecule has 0 radical (unpaired) electrons. The number of piperidine rings is 3. The normalized spacial score (nSPS) is 22.5. The number of hydrogen-bond donors (Lipinski definition) is 0. The van der Waals surface area contributed by atoms with Gasteiger partial charge in [0.1, 0.15) is 17.0 Å². The molecule has 0 aromatic carbocycles. The van der Waals surface area contributed by atoms with Crippen molar-refractivity contribution in [2.75, 3.05) is 39.3 Å². The van der Waals surface area contributed by atoms with E-state index in [0.717, 1.165) is 31.8 Å². The van der Waals surface area contributed by atoms with Crippen LogP contribution < -0.4 is 0 Å². The zero-order valence-electron chi connectivity index (χ0n) is 23.9. The summed E-state index contributed by atoms with van der Waals surface area (Å²) in [6.07, 6.45) is 8.06. The van der Waals surface area contributed by atoms with Crippen molar-refractivity contribution in [3.8, 4) is 0 Å². The highest BCUT2D eigenvalue weighted by Crippen LogP contribution is 2.26. The molecule has 0 N–H and O–H groups in total. The van der Waals surface area contributed by atoms with Crippen molar-refractivity contribution in [3.63, 3.8) is 0 Å². The van der Waals surface area contributed by atoms with Crippen molar-refractivity contribution < 1.29 is 23.9 Å². The van der Waals surface area contributed by atoms with Gasteiger partial charge in [0, 0.05) is 51.6 Å². The van der Waals surface area contributed by atoms with Gasteiger partial charge in [0.2, 0.25) is 0 Å². The van der Waals surface area contributed by atoms with Crippen LogP contribution in [-0.2, 0) is 14.3 Å². The quantitative estimate of drug-likeness (QED) is 0.501. The highest BCUT2D eigenvalue weighted by Gasteiger charge is 2.31. The Morgan fingerprint density at radius 2 is 1.31 bits per heavy atom. The van der Waals surface area contributed by atoms with Crippen LogP contribution in [0, 0.1) is 5.92 Å². The first kappa shape index (κ1) is 30.4. The lowest BCUT2D eigenvalue weighted by atomic mass is 9.91. The van der Waals surface area contributed by atoms with Crippen LogP contribution in [0.3, 0.4) is 0 Å². The number of ether oxygens (including phenoxy) is 2. The van der Waals surface area contributed by atoms with E-state index >= 15 is 0 Å². The largest absolute Gasteiger partial charge is 0.444 e. The van der Waals surface area contributed by atoms with Crippen LogP contribution in [0.1, 0.15) is 99.8 Å². The Morgan fingerprint density at radius 3 is 1.78 bits per heavy atom. The number of ketones is 1. The van der Waals surface area contributed by atoms with E-state index in [0.29, 0.717) is 32.0 Å². The van der Waals surface area contributed by atoms with Crippen LogP contribution in [0.15, 0.2) is 0 Å². The van der Waals surface area contributed by atoms with E-state index in [4.69, 9.17) is 9.47 Å². The summed E-state index contributed by atoms with van der Waals surface area (Å²) in [5.74, 6) is 1.12. The van der Waals surface area contributed by atoms with E-state index in [1.807, 2.05) is 46.4 Å². The van der Waals surface area contributed by atoms with E-state index < -0.39 is 11.2 Å². The molecule has 3 fully saturated rings. The molecule has 3 heterocycles. The van der Waals surface area contributed by atoms with Crippen molar-refractivity contribution in [3.05, 3.63) is 0 Å². The first-order valence-electron chi connectivity index (χ1n) is 14.0. The van der Waals surface area contributed by atoms with Crippen LogP contribution in [0.4, 0.5) is 9.59 Å². The van der Waals surface area contributed by atoms with Crippen molar-refractivity contribution in [1.82, 2.24) is 14.7 Å². The molecule has 1 atom stereocenters. The summed E-state index contributed by atoms with van der Waals surface area (Å²) in [5, 5.41) is 0. The van der Waals surface area contributed by atoms with Crippen molar-refractivity contribution in [2.24, 2.45) is 5.92 Å². The molecule has 208 valence electrons. The molecule has 8 heteroatoms. The molecule has 36 heavy (non-hydrogen) atoms. The summed E-state index contributed by atoms with van der Waals surface area (Å²) < 4.78 is 10.7. The lowest BCUT2D eigenvalue weighted by molar-refractivity contribution is -0.121. The van der Waals surface area contributed by atoms with Gasteiger partial charge in [-0.1, -0.05) is 13.3 Å². The fraction of sp³-hybridized carbons (Fsp3) is 0.893. The molecule has 0 spiro atoms. The fourth-order valence-corrected chi connectivity index (χ4v) is 5.08. The Hall–Kier alpha value is -1.83. The zero-order chi connectivity index (χ0) is 26.9. The first-order valence-corrected chi connectivity index (χ1v) is 14.0. The summed E-state index contributed by atoms with van der Waals surface area (Å²) >= 11 is 0. The lowest BCUT2D eigenvalue weighted by Gasteiger charge is -2.42. The fourth-order valence-electron chi connectivity index (χ4n) is 5.08. The van der Waals surface area contributed by atoms with E-state index in [1.165, 1.54) is 38.8 Å². The summed E-state index contributed by atoms with van der Waals surface area (Å²) in [4.78, 5) is 40.7. The maximum absolute atomic E-state index is 12.1. The minimum atomic E-state index is -0.460. The summed E-state index contributed by atoms with van der Waals surface area (Å²) in [6, 6.07) is 0.665. The van der Waals surface area contributed by atoms with E-state index in [-0.39, 0.29) is 18.0 Å². The average Bonchev–Trinajstić information content (AvgIpc) is 2.78. The van der Waals surface area contributed by atoms with Crippen LogP contribution in [0.5, 0.6) is 0 Å². The minimum Gasteiger partial charge on any atom is -0.444 e. The monoisotopic (exact) mass is 509 g/mol. The number of carbonyl (C=O) groups excluding carboxylic acids is 3. The summed E-state index contributed by atoms with van der Waals surface area (Å²) in [5.41, 5.74) is -0.854. The molecule has 0 aromatic heterocycles. The van der Waals surface area contributed by atoms with Gasteiger partial charge < -0.3 is 19.3 Å². The Bertz CT molecular complexity index is 708. The third-order valence-corrected chi connectivity index (χ3v) is 6.85. The molecule has 8 nitrogen and oxygen atoms in total. The van der Waals surface area contributed by atoms with E-state index in [2.05, 4.69) is 11.8 Å². The van der Waals surface area contributed by atoms with Gasteiger partial charge in [-0.2, -0.15) is 0 Å². The van der Waals surface area contributed by atoms with Crippen molar-refractivity contribution in [2.45, 2.75) is 117 Å². The Labute approximate surface area is 219 Å². The van der Waals surface area contributed by atoms with Gasteiger partial charge >= 0.3 is 12.2 Å². The second-order valence-corrected chi connectivity index (χ2v) is 12.5. The molecule has 0 bridgehead atoms. The number of likely N-dealkylation sites (tertiary alicyclic amines) is 3. The van der Waals surface area contributed by atoms with Gasteiger partial charge in [0.25, 0.3) is 0 Å². The molecule has 3 aliphatic heterocycles. The third kappa shape index (κ3) is 11.1. The number of Topliss-reactive ketones (excluding diaryl/α,β-unsaturated/α-hetero) is 1. The molecule has 2 amide bonds. The Morgan fingerprint density at radius 1 is 0.806 bits per heavy atom.